The van der Waals surface area contributed by atoms with Gasteiger partial charge in [-0.2, -0.15) is 0 Å². The number of carbonyl (C=O) groups is 1. The van der Waals surface area contributed by atoms with Crippen molar-refractivity contribution in [3.63, 3.8) is 0 Å². The summed E-state index contributed by atoms with van der Waals surface area (Å²) in [4.78, 5) is 14.8. The van der Waals surface area contributed by atoms with Crippen LogP contribution >= 0.6 is 22.6 Å². The van der Waals surface area contributed by atoms with Crippen LogP contribution in [0, 0.1) is 3.70 Å². The zero-order valence-corrected chi connectivity index (χ0v) is 9.29. The van der Waals surface area contributed by atoms with Crippen LogP contribution in [-0.2, 0) is 4.74 Å². The molecule has 1 heterocycles. The quantitative estimate of drug-likeness (QED) is 0.478. The molecule has 0 saturated carbocycles. The highest BCUT2D eigenvalue weighted by Crippen LogP contribution is 2.22. The topological polar surface area (TPSA) is 39.2 Å². The third-order valence-corrected chi connectivity index (χ3v) is 2.11. The monoisotopic (exact) mass is 313 g/mol. The molecule has 0 atom stereocenters. The standard InChI is InChI=1S/C8H6F2INO2/c1-14-8(13)6-4(7(9)10)2-3-5(11)12-6/h2-3,7H,1H3. The van der Waals surface area contributed by atoms with E-state index in [1.165, 1.54) is 12.1 Å². The molecule has 1 aromatic rings. The molecule has 1 aromatic heterocycles. The van der Waals surface area contributed by atoms with Crippen LogP contribution in [0.15, 0.2) is 12.1 Å². The van der Waals surface area contributed by atoms with Gasteiger partial charge in [0.25, 0.3) is 6.43 Å². The molecule has 76 valence electrons. The first-order valence-electron chi connectivity index (χ1n) is 3.59. The van der Waals surface area contributed by atoms with Crippen LogP contribution in [0.4, 0.5) is 8.78 Å². The number of methoxy groups -OCH3 is 1. The molecule has 0 aliphatic carbocycles. The molecule has 0 radical (unpaired) electrons. The molecular formula is C8H6F2INO2. The molecule has 0 saturated heterocycles. The lowest BCUT2D eigenvalue weighted by Gasteiger charge is -2.05. The number of halogens is 3. The van der Waals surface area contributed by atoms with Crippen LogP contribution in [0.5, 0.6) is 0 Å². The Kier molecular flexibility index (Phi) is 3.73. The van der Waals surface area contributed by atoms with Crippen LogP contribution in [0.25, 0.3) is 0 Å². The Hall–Kier alpha value is -0.790. The summed E-state index contributed by atoms with van der Waals surface area (Å²) in [6, 6.07) is 2.58. The zero-order valence-electron chi connectivity index (χ0n) is 7.13. The number of hydrogen-bond donors (Lipinski definition) is 0. The predicted molar refractivity (Wildman–Crippen MR) is 53.3 cm³/mol. The number of carbonyl (C=O) groups excluding carboxylic acids is 1. The predicted octanol–water partition coefficient (Wildman–Crippen LogP) is 2.41. The van der Waals surface area contributed by atoms with Gasteiger partial charge < -0.3 is 4.74 Å². The largest absolute Gasteiger partial charge is 0.464 e. The van der Waals surface area contributed by atoms with E-state index in [9.17, 15) is 13.6 Å². The number of alkyl halides is 2. The highest BCUT2D eigenvalue weighted by atomic mass is 127. The molecule has 0 spiro atoms. The Balaban J connectivity index is 3.22. The molecule has 14 heavy (non-hydrogen) atoms. The summed E-state index contributed by atoms with van der Waals surface area (Å²) in [7, 11) is 1.12. The molecule has 6 heteroatoms. The lowest BCUT2D eigenvalue weighted by molar-refractivity contribution is 0.0581. The van der Waals surface area contributed by atoms with Gasteiger partial charge in [-0.05, 0) is 34.7 Å². The Morgan fingerprint density at radius 1 is 1.57 bits per heavy atom. The number of rotatable bonds is 2. The van der Waals surface area contributed by atoms with Crippen molar-refractivity contribution in [3.05, 3.63) is 27.1 Å². The summed E-state index contributed by atoms with van der Waals surface area (Å²) >= 11 is 1.83. The van der Waals surface area contributed by atoms with E-state index in [2.05, 4.69) is 9.72 Å². The van der Waals surface area contributed by atoms with Gasteiger partial charge in [-0.3, -0.25) is 0 Å². The molecule has 0 fully saturated rings. The maximum absolute atomic E-state index is 12.4. The molecule has 0 unspecified atom stereocenters. The van der Waals surface area contributed by atoms with Gasteiger partial charge in [0.1, 0.15) is 3.70 Å². The number of ether oxygens (including phenoxy) is 1. The molecule has 1 rings (SSSR count). The van der Waals surface area contributed by atoms with Gasteiger partial charge in [0.15, 0.2) is 5.69 Å². The van der Waals surface area contributed by atoms with Crippen molar-refractivity contribution in [2.24, 2.45) is 0 Å². The highest BCUT2D eigenvalue weighted by Gasteiger charge is 2.20. The minimum Gasteiger partial charge on any atom is -0.464 e. The number of esters is 1. The first kappa shape index (κ1) is 11.3. The van der Waals surface area contributed by atoms with Gasteiger partial charge in [0, 0.05) is 0 Å². The molecule has 0 aliphatic heterocycles. The second-order valence-corrected chi connectivity index (χ2v) is 3.47. The van der Waals surface area contributed by atoms with Crippen molar-refractivity contribution in [1.82, 2.24) is 4.98 Å². The molecule has 0 aromatic carbocycles. The smallest absolute Gasteiger partial charge is 0.357 e. The summed E-state index contributed by atoms with van der Waals surface area (Å²) < 4.78 is 29.6. The zero-order chi connectivity index (χ0) is 10.7. The molecule has 0 amide bonds. The van der Waals surface area contributed by atoms with Crippen LogP contribution < -0.4 is 0 Å². The highest BCUT2D eigenvalue weighted by molar-refractivity contribution is 14.1. The van der Waals surface area contributed by atoms with Gasteiger partial charge in [0.05, 0.1) is 12.7 Å². The van der Waals surface area contributed by atoms with E-state index in [0.717, 1.165) is 7.11 Å². The molecule has 0 aliphatic rings. The van der Waals surface area contributed by atoms with Crippen molar-refractivity contribution in [2.75, 3.05) is 7.11 Å². The maximum atomic E-state index is 12.4. The van der Waals surface area contributed by atoms with Crippen molar-refractivity contribution < 1.29 is 18.3 Å². The summed E-state index contributed by atoms with van der Waals surface area (Å²) in [6.45, 7) is 0. The van der Waals surface area contributed by atoms with Crippen LogP contribution in [0.1, 0.15) is 22.5 Å². The number of aromatic nitrogens is 1. The van der Waals surface area contributed by atoms with Crippen molar-refractivity contribution in [1.29, 1.82) is 0 Å². The molecule has 3 nitrogen and oxygen atoms in total. The van der Waals surface area contributed by atoms with Gasteiger partial charge >= 0.3 is 5.97 Å². The third kappa shape index (κ3) is 2.37. The fraction of sp³-hybridized carbons (Fsp3) is 0.250. The van der Waals surface area contributed by atoms with E-state index in [-0.39, 0.29) is 5.69 Å². The minimum absolute atomic E-state index is 0.325. The van der Waals surface area contributed by atoms with Gasteiger partial charge in [-0.1, -0.05) is 0 Å². The first-order valence-corrected chi connectivity index (χ1v) is 4.67. The second kappa shape index (κ2) is 4.63. The van der Waals surface area contributed by atoms with Gasteiger partial charge in [-0.15, -0.1) is 0 Å². The van der Waals surface area contributed by atoms with Gasteiger partial charge in [0.2, 0.25) is 0 Å². The average molecular weight is 313 g/mol. The molecule has 0 N–H and O–H groups in total. The van der Waals surface area contributed by atoms with Crippen molar-refractivity contribution in [2.45, 2.75) is 6.43 Å². The Morgan fingerprint density at radius 3 is 2.71 bits per heavy atom. The minimum atomic E-state index is -2.73. The van der Waals surface area contributed by atoms with E-state index in [1.807, 2.05) is 22.6 Å². The summed E-state index contributed by atoms with van der Waals surface area (Å²) in [5.74, 6) is -0.848. The van der Waals surface area contributed by atoms with Crippen molar-refractivity contribution >= 4 is 28.6 Å². The Bertz CT molecular complexity index is 357. The van der Waals surface area contributed by atoms with Gasteiger partial charge in [-0.25, -0.2) is 18.6 Å². The maximum Gasteiger partial charge on any atom is 0.357 e. The fourth-order valence-corrected chi connectivity index (χ4v) is 1.30. The van der Waals surface area contributed by atoms with E-state index < -0.39 is 18.0 Å². The van der Waals surface area contributed by atoms with E-state index in [4.69, 9.17) is 0 Å². The van der Waals surface area contributed by atoms with Crippen molar-refractivity contribution in [3.8, 4) is 0 Å². The average Bonchev–Trinajstić information content (AvgIpc) is 2.16. The Labute approximate surface area is 92.6 Å². The second-order valence-electron chi connectivity index (χ2n) is 2.36. The fourth-order valence-electron chi connectivity index (χ4n) is 0.882. The Morgan fingerprint density at radius 2 is 2.21 bits per heavy atom. The van der Waals surface area contributed by atoms with E-state index >= 15 is 0 Å². The summed E-state index contributed by atoms with van der Waals surface area (Å²) in [5, 5.41) is 0. The third-order valence-electron chi connectivity index (χ3n) is 1.51. The summed E-state index contributed by atoms with van der Waals surface area (Å²) in [6.07, 6.45) is -2.73. The number of nitrogens with zero attached hydrogens (tertiary/aromatic N) is 1. The normalized spacial score (nSPS) is 10.4. The number of hydrogen-bond acceptors (Lipinski definition) is 3. The molecule has 0 bridgehead atoms. The lowest BCUT2D eigenvalue weighted by atomic mass is 10.2. The van der Waals surface area contributed by atoms with Crippen LogP contribution in [-0.4, -0.2) is 18.1 Å². The van der Waals surface area contributed by atoms with E-state index in [1.54, 1.807) is 0 Å². The van der Waals surface area contributed by atoms with E-state index in [0.29, 0.717) is 3.70 Å². The van der Waals surface area contributed by atoms with Crippen LogP contribution in [0.2, 0.25) is 0 Å². The molecular weight excluding hydrogens is 307 g/mol. The number of pyridine rings is 1. The van der Waals surface area contributed by atoms with Crippen LogP contribution in [0.3, 0.4) is 0 Å². The SMILES string of the molecule is COC(=O)c1nc(I)ccc1C(F)F. The summed E-state index contributed by atoms with van der Waals surface area (Å²) in [5.41, 5.74) is -0.730. The first-order chi connectivity index (χ1) is 6.56. The lowest BCUT2D eigenvalue weighted by Crippen LogP contribution is -2.09.